The summed E-state index contributed by atoms with van der Waals surface area (Å²) in [5.74, 6) is 0.527. The second-order valence-electron chi connectivity index (χ2n) is 5.15. The third-order valence-corrected chi connectivity index (χ3v) is 3.62. The highest BCUT2D eigenvalue weighted by Gasteiger charge is 2.18. The molecule has 2 rings (SSSR count). The van der Waals surface area contributed by atoms with Gasteiger partial charge in [-0.25, -0.2) is 4.79 Å². The van der Waals surface area contributed by atoms with E-state index in [4.69, 9.17) is 5.11 Å². The van der Waals surface area contributed by atoms with E-state index in [0.717, 1.165) is 6.42 Å². The van der Waals surface area contributed by atoms with Crippen LogP contribution in [0.25, 0.3) is 11.2 Å². The van der Waals surface area contributed by atoms with Gasteiger partial charge in [-0.05, 0) is 19.8 Å². The fraction of sp³-hybridized carbons (Fsp3) is 0.643. The molecule has 0 aromatic carbocycles. The smallest absolute Gasteiger partial charge is 0.332 e. The summed E-state index contributed by atoms with van der Waals surface area (Å²) in [6.45, 7) is 5.23. The molecule has 0 saturated heterocycles. The molecule has 0 atom stereocenters. The number of rotatable bonds is 7. The molecule has 2 heterocycles. The first kappa shape index (κ1) is 16.3. The average molecular weight is 309 g/mol. The maximum atomic E-state index is 12.5. The molecule has 2 aromatic heterocycles. The predicted octanol–water partition coefficient (Wildman–Crippen LogP) is 0.121. The van der Waals surface area contributed by atoms with Gasteiger partial charge in [-0.3, -0.25) is 13.9 Å². The molecular formula is C14H23N5O3. The van der Waals surface area contributed by atoms with Crippen molar-refractivity contribution in [3.8, 4) is 0 Å². The van der Waals surface area contributed by atoms with Crippen LogP contribution in [0, 0.1) is 0 Å². The van der Waals surface area contributed by atoms with Crippen molar-refractivity contribution in [2.45, 2.75) is 39.8 Å². The SMILES string of the molecule is CCCn1c(=O)n(CC)c(=O)c2c1nc(NCCCO)n2C. The zero-order valence-corrected chi connectivity index (χ0v) is 13.3. The Labute approximate surface area is 128 Å². The van der Waals surface area contributed by atoms with Crippen LogP contribution in [0.3, 0.4) is 0 Å². The largest absolute Gasteiger partial charge is 0.396 e. The van der Waals surface area contributed by atoms with E-state index < -0.39 is 0 Å². The van der Waals surface area contributed by atoms with Crippen LogP contribution in [-0.2, 0) is 20.1 Å². The van der Waals surface area contributed by atoms with Crippen molar-refractivity contribution in [3.05, 3.63) is 20.8 Å². The predicted molar refractivity (Wildman–Crippen MR) is 85.4 cm³/mol. The van der Waals surface area contributed by atoms with Crippen molar-refractivity contribution >= 4 is 17.1 Å². The first-order valence-electron chi connectivity index (χ1n) is 7.61. The van der Waals surface area contributed by atoms with Gasteiger partial charge >= 0.3 is 5.69 Å². The van der Waals surface area contributed by atoms with E-state index in [-0.39, 0.29) is 17.9 Å². The number of hydrogen-bond acceptors (Lipinski definition) is 5. The summed E-state index contributed by atoms with van der Waals surface area (Å²) in [4.78, 5) is 29.4. The van der Waals surface area contributed by atoms with Gasteiger partial charge < -0.3 is 15.0 Å². The van der Waals surface area contributed by atoms with E-state index in [1.807, 2.05) is 6.92 Å². The molecule has 122 valence electrons. The minimum atomic E-state index is -0.319. The van der Waals surface area contributed by atoms with Crippen LogP contribution in [0.5, 0.6) is 0 Å². The summed E-state index contributed by atoms with van der Waals surface area (Å²) < 4.78 is 4.46. The first-order valence-corrected chi connectivity index (χ1v) is 7.61. The molecule has 2 N–H and O–H groups in total. The maximum absolute atomic E-state index is 12.5. The van der Waals surface area contributed by atoms with Gasteiger partial charge in [-0.1, -0.05) is 6.92 Å². The van der Waals surface area contributed by atoms with E-state index in [2.05, 4.69) is 10.3 Å². The molecule has 0 aliphatic carbocycles. The Morgan fingerprint density at radius 3 is 2.55 bits per heavy atom. The number of imidazole rings is 1. The zero-order chi connectivity index (χ0) is 16.3. The van der Waals surface area contributed by atoms with Gasteiger partial charge in [0.2, 0.25) is 5.95 Å². The van der Waals surface area contributed by atoms with Gasteiger partial charge in [0.15, 0.2) is 11.2 Å². The van der Waals surface area contributed by atoms with E-state index in [1.165, 1.54) is 4.57 Å². The fourth-order valence-corrected chi connectivity index (χ4v) is 2.50. The molecule has 22 heavy (non-hydrogen) atoms. The van der Waals surface area contributed by atoms with E-state index in [0.29, 0.717) is 43.2 Å². The molecule has 2 aromatic rings. The Morgan fingerprint density at radius 2 is 1.95 bits per heavy atom. The Hall–Kier alpha value is -2.09. The lowest BCUT2D eigenvalue weighted by atomic mass is 10.4. The molecule has 0 saturated carbocycles. The number of aryl methyl sites for hydroxylation is 2. The first-order chi connectivity index (χ1) is 10.6. The summed E-state index contributed by atoms with van der Waals surface area (Å²) in [6, 6.07) is 0. The normalized spacial score (nSPS) is 11.3. The molecule has 0 aliphatic rings. The molecule has 0 bridgehead atoms. The van der Waals surface area contributed by atoms with Gasteiger partial charge in [0, 0.05) is 33.3 Å². The van der Waals surface area contributed by atoms with Crippen LogP contribution >= 0.6 is 0 Å². The molecule has 0 aliphatic heterocycles. The van der Waals surface area contributed by atoms with Crippen LogP contribution < -0.4 is 16.6 Å². The summed E-state index contributed by atoms with van der Waals surface area (Å²) in [6.07, 6.45) is 1.37. The highest BCUT2D eigenvalue weighted by Crippen LogP contribution is 2.14. The number of aliphatic hydroxyl groups is 1. The van der Waals surface area contributed by atoms with Gasteiger partial charge in [-0.15, -0.1) is 0 Å². The summed E-state index contributed by atoms with van der Waals surface area (Å²) >= 11 is 0. The second kappa shape index (κ2) is 6.78. The molecule has 0 amide bonds. The lowest BCUT2D eigenvalue weighted by Gasteiger charge is -2.09. The Bertz CT molecular complexity index is 771. The quantitative estimate of drug-likeness (QED) is 0.709. The van der Waals surface area contributed by atoms with Crippen molar-refractivity contribution in [2.24, 2.45) is 7.05 Å². The second-order valence-corrected chi connectivity index (χ2v) is 5.15. The lowest BCUT2D eigenvalue weighted by molar-refractivity contribution is 0.292. The number of nitrogens with zero attached hydrogens (tertiary/aromatic N) is 4. The number of aliphatic hydroxyl groups excluding tert-OH is 1. The molecule has 8 nitrogen and oxygen atoms in total. The Balaban J connectivity index is 2.69. The van der Waals surface area contributed by atoms with Gasteiger partial charge in [0.25, 0.3) is 5.56 Å². The highest BCUT2D eigenvalue weighted by molar-refractivity contribution is 5.74. The van der Waals surface area contributed by atoms with Crippen LogP contribution in [0.15, 0.2) is 9.59 Å². The van der Waals surface area contributed by atoms with Gasteiger partial charge in [0.05, 0.1) is 0 Å². The van der Waals surface area contributed by atoms with Crippen LogP contribution in [0.1, 0.15) is 26.7 Å². The maximum Gasteiger partial charge on any atom is 0.332 e. The minimum absolute atomic E-state index is 0.0835. The lowest BCUT2D eigenvalue weighted by Crippen LogP contribution is -2.40. The highest BCUT2D eigenvalue weighted by atomic mass is 16.3. The molecule has 0 fully saturated rings. The minimum Gasteiger partial charge on any atom is -0.396 e. The molecular weight excluding hydrogens is 286 g/mol. The van der Waals surface area contributed by atoms with Crippen molar-refractivity contribution < 1.29 is 5.11 Å². The summed E-state index contributed by atoms with van der Waals surface area (Å²) in [5, 5.41) is 11.9. The van der Waals surface area contributed by atoms with Crippen molar-refractivity contribution in [3.63, 3.8) is 0 Å². The number of anilines is 1. The monoisotopic (exact) mass is 309 g/mol. The number of nitrogens with one attached hydrogen (secondary N) is 1. The molecule has 0 radical (unpaired) electrons. The van der Waals surface area contributed by atoms with Gasteiger partial charge in [-0.2, -0.15) is 4.98 Å². The van der Waals surface area contributed by atoms with E-state index in [1.54, 1.807) is 23.1 Å². The topological polar surface area (TPSA) is 94.1 Å². The van der Waals surface area contributed by atoms with Crippen molar-refractivity contribution in [1.29, 1.82) is 0 Å². The molecule has 0 spiro atoms. The van der Waals surface area contributed by atoms with Crippen molar-refractivity contribution in [1.82, 2.24) is 18.7 Å². The number of aromatic nitrogens is 4. The Morgan fingerprint density at radius 1 is 1.23 bits per heavy atom. The summed E-state index contributed by atoms with van der Waals surface area (Å²) in [7, 11) is 1.75. The van der Waals surface area contributed by atoms with E-state index >= 15 is 0 Å². The fourth-order valence-electron chi connectivity index (χ4n) is 2.50. The average Bonchev–Trinajstić information content (AvgIpc) is 2.82. The Kier molecular flexibility index (Phi) is 5.02. The number of hydrogen-bond donors (Lipinski definition) is 2. The number of fused-ring (bicyclic) bond motifs is 1. The van der Waals surface area contributed by atoms with Crippen LogP contribution in [0.4, 0.5) is 5.95 Å². The third kappa shape index (κ3) is 2.66. The molecule has 8 heteroatoms. The van der Waals surface area contributed by atoms with Crippen LogP contribution in [0.2, 0.25) is 0 Å². The van der Waals surface area contributed by atoms with Gasteiger partial charge in [0.1, 0.15) is 0 Å². The van der Waals surface area contributed by atoms with E-state index in [9.17, 15) is 9.59 Å². The zero-order valence-electron chi connectivity index (χ0n) is 13.3. The standard InChI is InChI=1S/C14H23N5O3/c1-4-8-19-11-10(12(21)18(5-2)14(19)22)17(3)13(16-11)15-7-6-9-20/h20H,4-9H2,1-3H3,(H,15,16). The molecule has 0 unspecified atom stereocenters. The van der Waals surface area contributed by atoms with Crippen LogP contribution in [-0.4, -0.2) is 36.9 Å². The van der Waals surface area contributed by atoms with Crippen molar-refractivity contribution in [2.75, 3.05) is 18.5 Å². The summed E-state index contributed by atoms with van der Waals surface area (Å²) in [5.41, 5.74) is 0.193. The third-order valence-electron chi connectivity index (χ3n) is 3.62.